The number of amides is 1. The van der Waals surface area contributed by atoms with Crippen molar-refractivity contribution in [2.45, 2.75) is 65.6 Å². The molecule has 0 radical (unpaired) electrons. The van der Waals surface area contributed by atoms with Crippen molar-refractivity contribution in [2.75, 3.05) is 13.1 Å². The Balaban J connectivity index is 2.74. The average Bonchev–Trinajstić information content (AvgIpc) is 2.18. The van der Waals surface area contributed by atoms with Crippen LogP contribution < -0.4 is 0 Å². The van der Waals surface area contributed by atoms with Crippen molar-refractivity contribution in [1.29, 1.82) is 0 Å². The van der Waals surface area contributed by atoms with Crippen molar-refractivity contribution in [2.24, 2.45) is 0 Å². The highest BCUT2D eigenvalue weighted by atomic mass is 16.2. The van der Waals surface area contributed by atoms with Crippen LogP contribution in [0.2, 0.25) is 0 Å². The summed E-state index contributed by atoms with van der Waals surface area (Å²) in [5, 5.41) is 0. The van der Waals surface area contributed by atoms with Crippen molar-refractivity contribution in [1.82, 2.24) is 9.80 Å². The Labute approximate surface area is 99.8 Å². The minimum Gasteiger partial charge on any atom is -0.337 e. The molecule has 3 nitrogen and oxygen atoms in total. The molecule has 0 N–H and O–H groups in total. The monoisotopic (exact) mass is 226 g/mol. The number of hydrogen-bond donors (Lipinski definition) is 0. The van der Waals surface area contributed by atoms with Gasteiger partial charge in [-0.3, -0.25) is 9.69 Å². The highest BCUT2D eigenvalue weighted by Gasteiger charge is 2.36. The predicted octanol–water partition coefficient (Wildman–Crippen LogP) is 2.12. The summed E-state index contributed by atoms with van der Waals surface area (Å²) >= 11 is 0. The molecule has 16 heavy (non-hydrogen) atoms. The lowest BCUT2D eigenvalue weighted by molar-refractivity contribution is -0.138. The van der Waals surface area contributed by atoms with E-state index in [1.165, 1.54) is 0 Å². The van der Waals surface area contributed by atoms with Gasteiger partial charge in [0.1, 0.15) is 0 Å². The molecule has 3 heteroatoms. The molecular formula is C13H26N2O. The first-order chi connectivity index (χ1) is 7.27. The topological polar surface area (TPSA) is 23.6 Å². The van der Waals surface area contributed by atoms with E-state index in [4.69, 9.17) is 0 Å². The van der Waals surface area contributed by atoms with Crippen molar-refractivity contribution in [3.8, 4) is 0 Å². The van der Waals surface area contributed by atoms with Gasteiger partial charge in [0.2, 0.25) is 5.91 Å². The summed E-state index contributed by atoms with van der Waals surface area (Å²) in [6.45, 7) is 14.9. The van der Waals surface area contributed by atoms with Crippen molar-refractivity contribution < 1.29 is 4.79 Å². The highest BCUT2D eigenvalue weighted by Crippen LogP contribution is 2.24. The molecule has 2 atom stereocenters. The second-order valence-electron chi connectivity index (χ2n) is 5.92. The predicted molar refractivity (Wildman–Crippen MR) is 67.4 cm³/mol. The molecule has 0 aromatic heterocycles. The zero-order valence-electron chi connectivity index (χ0n) is 11.6. The zero-order valence-corrected chi connectivity index (χ0v) is 11.6. The second-order valence-corrected chi connectivity index (χ2v) is 5.92. The number of piperazine rings is 1. The Bertz CT molecular complexity index is 257. The number of rotatable bonds is 1. The fourth-order valence-corrected chi connectivity index (χ4v) is 2.61. The molecule has 0 unspecified atom stereocenters. The van der Waals surface area contributed by atoms with Gasteiger partial charge in [0.05, 0.1) is 0 Å². The number of carbonyl (C=O) groups excluding carboxylic acids is 1. The quantitative estimate of drug-likeness (QED) is 0.684. The smallest absolute Gasteiger partial charge is 0.222 e. The molecule has 1 aliphatic rings. The summed E-state index contributed by atoms with van der Waals surface area (Å²) in [5.74, 6) is 0.285. The zero-order chi connectivity index (χ0) is 12.5. The van der Waals surface area contributed by atoms with Crippen LogP contribution in [-0.2, 0) is 4.79 Å². The fraction of sp³-hybridized carbons (Fsp3) is 0.923. The van der Waals surface area contributed by atoms with Crippen molar-refractivity contribution in [3.63, 3.8) is 0 Å². The molecule has 1 aliphatic heterocycles. The summed E-state index contributed by atoms with van der Waals surface area (Å²) in [6, 6.07) is 0.787. The first kappa shape index (κ1) is 13.5. The summed E-state index contributed by atoms with van der Waals surface area (Å²) in [5.41, 5.74) is 0.190. The van der Waals surface area contributed by atoms with Gasteiger partial charge in [0.25, 0.3) is 0 Å². The van der Waals surface area contributed by atoms with Crippen LogP contribution in [0.5, 0.6) is 0 Å². The fourth-order valence-electron chi connectivity index (χ4n) is 2.61. The highest BCUT2D eigenvalue weighted by molar-refractivity contribution is 5.76. The summed E-state index contributed by atoms with van der Waals surface area (Å²) in [7, 11) is 0. The molecule has 0 saturated carbocycles. The SMILES string of the molecule is CCC(=O)N1C[C@H](C)N(C(C)(C)C)C[C@@H]1C. The molecule has 1 rings (SSSR count). The van der Waals surface area contributed by atoms with Gasteiger partial charge in [0, 0.05) is 37.1 Å². The van der Waals surface area contributed by atoms with Crippen LogP contribution in [0.1, 0.15) is 48.0 Å². The molecule has 0 aliphatic carbocycles. The molecule has 1 amide bonds. The third-order valence-corrected chi connectivity index (χ3v) is 3.47. The van der Waals surface area contributed by atoms with Gasteiger partial charge in [-0.05, 0) is 34.6 Å². The summed E-state index contributed by atoms with van der Waals surface area (Å²) in [4.78, 5) is 16.3. The molecule has 0 aromatic rings. The van der Waals surface area contributed by atoms with E-state index in [2.05, 4.69) is 39.5 Å². The Kier molecular flexibility index (Phi) is 4.00. The van der Waals surface area contributed by atoms with Gasteiger partial charge < -0.3 is 4.90 Å². The van der Waals surface area contributed by atoms with Crippen LogP contribution in [-0.4, -0.2) is 46.4 Å². The third kappa shape index (κ3) is 2.76. The molecule has 0 aromatic carbocycles. The normalized spacial score (nSPS) is 28.2. The first-order valence-corrected chi connectivity index (χ1v) is 6.33. The van der Waals surface area contributed by atoms with E-state index in [0.717, 1.165) is 13.1 Å². The Morgan fingerprint density at radius 2 is 1.75 bits per heavy atom. The summed E-state index contributed by atoms with van der Waals surface area (Å²) in [6.07, 6.45) is 0.618. The molecule has 0 bridgehead atoms. The van der Waals surface area contributed by atoms with Crippen LogP contribution in [0.25, 0.3) is 0 Å². The van der Waals surface area contributed by atoms with E-state index in [9.17, 15) is 4.79 Å². The van der Waals surface area contributed by atoms with Gasteiger partial charge >= 0.3 is 0 Å². The van der Waals surface area contributed by atoms with Crippen molar-refractivity contribution >= 4 is 5.91 Å². The van der Waals surface area contributed by atoms with E-state index < -0.39 is 0 Å². The Hall–Kier alpha value is -0.570. The van der Waals surface area contributed by atoms with E-state index in [-0.39, 0.29) is 11.4 Å². The minimum atomic E-state index is 0.190. The second kappa shape index (κ2) is 4.74. The van der Waals surface area contributed by atoms with Gasteiger partial charge in [-0.2, -0.15) is 0 Å². The molecule has 1 saturated heterocycles. The molecule has 1 heterocycles. The Morgan fingerprint density at radius 3 is 2.19 bits per heavy atom. The van der Waals surface area contributed by atoms with Gasteiger partial charge in [-0.1, -0.05) is 6.92 Å². The largest absolute Gasteiger partial charge is 0.337 e. The van der Waals surface area contributed by atoms with Gasteiger partial charge in [0.15, 0.2) is 0 Å². The van der Waals surface area contributed by atoms with Crippen molar-refractivity contribution in [3.05, 3.63) is 0 Å². The standard InChI is InChI=1S/C13H26N2O/c1-7-12(16)14-8-11(3)15(9-10(14)2)13(4,5)6/h10-11H,7-9H2,1-6H3/t10-,11-/m0/s1. The van der Waals surface area contributed by atoms with E-state index >= 15 is 0 Å². The lowest BCUT2D eigenvalue weighted by Crippen LogP contribution is -2.62. The number of nitrogens with zero attached hydrogens (tertiary/aromatic N) is 2. The van der Waals surface area contributed by atoms with Crippen LogP contribution in [0.4, 0.5) is 0 Å². The lowest BCUT2D eigenvalue weighted by Gasteiger charge is -2.49. The third-order valence-electron chi connectivity index (χ3n) is 3.47. The molecule has 94 valence electrons. The number of carbonyl (C=O) groups is 1. The van der Waals surface area contributed by atoms with E-state index in [0.29, 0.717) is 18.5 Å². The maximum atomic E-state index is 11.8. The van der Waals surface area contributed by atoms with Crippen LogP contribution >= 0.6 is 0 Å². The van der Waals surface area contributed by atoms with Crippen LogP contribution in [0.15, 0.2) is 0 Å². The van der Waals surface area contributed by atoms with Gasteiger partial charge in [-0.25, -0.2) is 0 Å². The Morgan fingerprint density at radius 1 is 1.19 bits per heavy atom. The maximum absolute atomic E-state index is 11.8. The maximum Gasteiger partial charge on any atom is 0.222 e. The lowest BCUT2D eigenvalue weighted by atomic mass is 9.98. The van der Waals surface area contributed by atoms with Crippen LogP contribution in [0, 0.1) is 0 Å². The molecule has 1 fully saturated rings. The minimum absolute atomic E-state index is 0.190. The number of hydrogen-bond acceptors (Lipinski definition) is 2. The molecule has 0 spiro atoms. The van der Waals surface area contributed by atoms with E-state index in [1.807, 2.05) is 11.8 Å². The van der Waals surface area contributed by atoms with Gasteiger partial charge in [-0.15, -0.1) is 0 Å². The molecular weight excluding hydrogens is 200 g/mol. The van der Waals surface area contributed by atoms with Crippen LogP contribution in [0.3, 0.4) is 0 Å². The van der Waals surface area contributed by atoms with E-state index in [1.54, 1.807) is 0 Å². The first-order valence-electron chi connectivity index (χ1n) is 6.33. The average molecular weight is 226 g/mol. The summed E-state index contributed by atoms with van der Waals surface area (Å²) < 4.78 is 0.